The number of imidazole rings is 1. The predicted molar refractivity (Wildman–Crippen MR) is 184 cm³/mol. The van der Waals surface area contributed by atoms with Crippen LogP contribution in [0.2, 0.25) is 0 Å². The molecule has 2 aromatic heterocycles. The average molecular weight is 672 g/mol. The first kappa shape index (κ1) is 34.2. The molecular formula is C35H45N9O5. The number of aliphatic hydroxyl groups is 2. The molecule has 0 radical (unpaired) electrons. The number of piperidine rings is 1. The van der Waals surface area contributed by atoms with Crippen molar-refractivity contribution in [3.63, 3.8) is 0 Å². The third-order valence-electron chi connectivity index (χ3n) is 9.15. The molecule has 4 heterocycles. The molecule has 2 aliphatic rings. The number of fused-ring (bicyclic) bond motifs is 1. The van der Waals surface area contributed by atoms with Crippen molar-refractivity contribution in [2.24, 2.45) is 0 Å². The summed E-state index contributed by atoms with van der Waals surface area (Å²) in [4.78, 5) is 42.7. The zero-order chi connectivity index (χ0) is 34.2. The number of ether oxygens (including phenoxy) is 1. The second-order valence-electron chi connectivity index (χ2n) is 12.4. The summed E-state index contributed by atoms with van der Waals surface area (Å²) in [6.07, 6.45) is 2.05. The maximum absolute atomic E-state index is 13.5. The molecule has 4 aromatic rings. The Morgan fingerprint density at radius 2 is 1.65 bits per heavy atom. The molecule has 0 aliphatic carbocycles. The van der Waals surface area contributed by atoms with Crippen molar-refractivity contribution in [2.75, 3.05) is 51.2 Å². The van der Waals surface area contributed by atoms with Gasteiger partial charge < -0.3 is 41.1 Å². The van der Waals surface area contributed by atoms with Crippen LogP contribution in [0.1, 0.15) is 49.1 Å². The second kappa shape index (κ2) is 15.7. The molecule has 2 aliphatic heterocycles. The number of likely N-dealkylation sites (tertiary alicyclic amines) is 1. The van der Waals surface area contributed by atoms with Crippen molar-refractivity contribution < 1.29 is 24.5 Å². The number of likely N-dealkylation sites (N-methyl/N-ethyl adjacent to an activating group) is 1. The molecule has 2 fully saturated rings. The molecule has 3 amide bonds. The van der Waals surface area contributed by atoms with Gasteiger partial charge in [-0.3, -0.25) is 9.36 Å². The van der Waals surface area contributed by atoms with Crippen LogP contribution >= 0.6 is 0 Å². The van der Waals surface area contributed by atoms with E-state index in [0.29, 0.717) is 24.4 Å². The zero-order valence-electron chi connectivity index (χ0n) is 27.7. The molecule has 0 saturated carbocycles. The Bertz CT molecular complexity index is 1660. The summed E-state index contributed by atoms with van der Waals surface area (Å²) in [6.45, 7) is 5.55. The number of carbonyl (C=O) groups excluding carboxylic acids is 2. The van der Waals surface area contributed by atoms with E-state index in [0.717, 1.165) is 30.8 Å². The minimum atomic E-state index is -2.02. The lowest BCUT2D eigenvalue weighted by Gasteiger charge is -2.31. The fourth-order valence-corrected chi connectivity index (χ4v) is 6.58. The first-order chi connectivity index (χ1) is 23.9. The van der Waals surface area contributed by atoms with Crippen molar-refractivity contribution in [1.29, 1.82) is 0 Å². The quantitative estimate of drug-likeness (QED) is 0.123. The lowest BCUT2D eigenvalue weighted by molar-refractivity contribution is -0.168. The lowest BCUT2D eigenvalue weighted by atomic mass is 9.91. The maximum Gasteiger partial charge on any atom is 0.315 e. The highest BCUT2D eigenvalue weighted by Crippen LogP contribution is 2.36. The van der Waals surface area contributed by atoms with Gasteiger partial charge in [0, 0.05) is 32.1 Å². The number of amides is 3. The molecular weight excluding hydrogens is 626 g/mol. The number of aromatic nitrogens is 4. The van der Waals surface area contributed by atoms with E-state index in [9.17, 15) is 19.8 Å². The fourth-order valence-electron chi connectivity index (χ4n) is 6.58. The van der Waals surface area contributed by atoms with Crippen LogP contribution in [0.25, 0.3) is 11.2 Å². The van der Waals surface area contributed by atoms with Gasteiger partial charge in [-0.2, -0.15) is 0 Å². The highest BCUT2D eigenvalue weighted by molar-refractivity contribution is 5.89. The lowest BCUT2D eigenvalue weighted by Crippen LogP contribution is -2.56. The number of rotatable bonds is 13. The van der Waals surface area contributed by atoms with Crippen molar-refractivity contribution in [3.8, 4) is 0 Å². The van der Waals surface area contributed by atoms with Crippen LogP contribution in [0.4, 0.5) is 10.6 Å². The first-order valence-electron chi connectivity index (χ1n) is 17.0. The van der Waals surface area contributed by atoms with E-state index in [4.69, 9.17) is 14.7 Å². The molecule has 3 unspecified atom stereocenters. The number of nitrogens with one attached hydrogen (secondary N) is 4. The Morgan fingerprint density at radius 3 is 2.29 bits per heavy atom. The van der Waals surface area contributed by atoms with Gasteiger partial charge in [0.25, 0.3) is 11.6 Å². The first-order valence-corrected chi connectivity index (χ1v) is 17.0. The number of urea groups is 1. The summed E-state index contributed by atoms with van der Waals surface area (Å²) in [6, 6.07) is 19.9. The van der Waals surface area contributed by atoms with E-state index in [1.165, 1.54) is 30.2 Å². The summed E-state index contributed by atoms with van der Waals surface area (Å²) in [5.41, 5.74) is 0.701. The van der Waals surface area contributed by atoms with Gasteiger partial charge in [-0.05, 0) is 44.0 Å². The van der Waals surface area contributed by atoms with Crippen LogP contribution in [0.15, 0.2) is 67.0 Å². The van der Waals surface area contributed by atoms with E-state index < -0.39 is 23.8 Å². The van der Waals surface area contributed by atoms with Gasteiger partial charge in [-0.15, -0.1) is 0 Å². The molecule has 2 saturated heterocycles. The highest BCUT2D eigenvalue weighted by atomic mass is 16.6. The molecule has 0 bridgehead atoms. The van der Waals surface area contributed by atoms with Crippen LogP contribution in [0.3, 0.4) is 0 Å². The maximum atomic E-state index is 13.5. The molecule has 3 atom stereocenters. The number of benzene rings is 2. The number of nitrogens with zero attached hydrogens (tertiary/aromatic N) is 5. The smallest absolute Gasteiger partial charge is 0.315 e. The van der Waals surface area contributed by atoms with Gasteiger partial charge in [-0.25, -0.2) is 19.7 Å². The van der Waals surface area contributed by atoms with E-state index >= 15 is 0 Å². The van der Waals surface area contributed by atoms with Gasteiger partial charge in [0.2, 0.25) is 0 Å². The zero-order valence-corrected chi connectivity index (χ0v) is 27.7. The van der Waals surface area contributed by atoms with E-state index in [2.05, 4.69) is 55.4 Å². The van der Waals surface area contributed by atoms with Gasteiger partial charge >= 0.3 is 6.03 Å². The third kappa shape index (κ3) is 7.52. The molecule has 6 N–H and O–H groups in total. The standard InChI is InChI=1S/C35H45N9O5/c1-2-36-33(47)35(30(46)27(45)22-49-35)44-23-40-29-31(38-20-26(24-12-6-3-7-13-24)25-14-8-4-9-15-25)41-28(42-32(29)44)21-39-34(48)37-16-19-43-17-10-5-11-18-43/h3-4,6-9,12-15,23,26-27,30,45-46H,2,5,10-11,16-22H2,1H3,(H,36,47)(H2,37,39,48)(H,38,41,42). The minimum absolute atomic E-state index is 0.0215. The van der Waals surface area contributed by atoms with E-state index in [1.807, 2.05) is 36.4 Å². The van der Waals surface area contributed by atoms with Crippen LogP contribution in [0.5, 0.6) is 0 Å². The van der Waals surface area contributed by atoms with E-state index in [1.54, 1.807) is 6.92 Å². The number of hydrogen-bond acceptors (Lipinski definition) is 10. The summed E-state index contributed by atoms with van der Waals surface area (Å²) in [7, 11) is 0. The Balaban J connectivity index is 1.31. The van der Waals surface area contributed by atoms with Gasteiger partial charge in [0.05, 0.1) is 13.2 Å². The van der Waals surface area contributed by atoms with Crippen molar-refractivity contribution in [3.05, 3.63) is 83.9 Å². The summed E-state index contributed by atoms with van der Waals surface area (Å²) < 4.78 is 7.21. The minimum Gasteiger partial charge on any atom is -0.388 e. The summed E-state index contributed by atoms with van der Waals surface area (Å²) in [5, 5.41) is 33.6. The van der Waals surface area contributed by atoms with Gasteiger partial charge in [0.1, 0.15) is 18.5 Å². The molecule has 0 spiro atoms. The Labute approximate surface area is 285 Å². The molecule has 2 aromatic carbocycles. The monoisotopic (exact) mass is 671 g/mol. The largest absolute Gasteiger partial charge is 0.388 e. The van der Waals surface area contributed by atoms with Crippen LogP contribution in [-0.4, -0.2) is 105 Å². The fraction of sp³-hybridized carbons (Fsp3) is 0.457. The van der Waals surface area contributed by atoms with Crippen molar-refractivity contribution in [1.82, 2.24) is 40.4 Å². The van der Waals surface area contributed by atoms with E-state index in [-0.39, 0.29) is 43.1 Å². The van der Waals surface area contributed by atoms with Gasteiger partial charge in [0.15, 0.2) is 22.8 Å². The van der Waals surface area contributed by atoms with Crippen LogP contribution < -0.4 is 21.3 Å². The Morgan fingerprint density at radius 1 is 0.959 bits per heavy atom. The SMILES string of the molecule is CCNC(=O)C1(n2cnc3c(NCC(c4ccccc4)c4ccccc4)nc(CNC(=O)NCCN4CCCCC4)nc32)OCC(O)C1O. The number of hydrogen-bond donors (Lipinski definition) is 6. The Kier molecular flexibility index (Phi) is 11.0. The molecule has 260 valence electrons. The number of aliphatic hydroxyl groups excluding tert-OH is 2. The molecule has 14 heteroatoms. The normalized spacial score (nSPS) is 21.1. The Hall–Kier alpha value is -4.63. The average Bonchev–Trinajstić information content (AvgIpc) is 3.69. The van der Waals surface area contributed by atoms with Crippen molar-refractivity contribution >= 4 is 28.9 Å². The summed E-state index contributed by atoms with van der Waals surface area (Å²) in [5.74, 6) is -0.0639. The third-order valence-corrected chi connectivity index (χ3v) is 9.15. The van der Waals surface area contributed by atoms with Crippen LogP contribution in [0, 0.1) is 0 Å². The predicted octanol–water partition coefficient (Wildman–Crippen LogP) is 1.90. The van der Waals surface area contributed by atoms with Crippen molar-refractivity contribution in [2.45, 2.75) is 56.6 Å². The number of carbonyl (C=O) groups is 2. The van der Waals surface area contributed by atoms with Gasteiger partial charge in [-0.1, -0.05) is 67.1 Å². The molecule has 49 heavy (non-hydrogen) atoms. The highest BCUT2D eigenvalue weighted by Gasteiger charge is 2.57. The topological polar surface area (TPSA) is 179 Å². The molecule has 14 nitrogen and oxygen atoms in total. The van der Waals surface area contributed by atoms with Crippen LogP contribution in [-0.2, 0) is 21.8 Å². The summed E-state index contributed by atoms with van der Waals surface area (Å²) >= 11 is 0. The molecule has 6 rings (SSSR count). The second-order valence-corrected chi connectivity index (χ2v) is 12.4. The number of anilines is 1.